The van der Waals surface area contributed by atoms with Crippen LogP contribution in [0.1, 0.15) is 28.4 Å². The number of carbonyl (C=O) groups excluding carboxylic acids is 1. The molecule has 1 N–H and O–H groups in total. The van der Waals surface area contributed by atoms with Crippen molar-refractivity contribution in [2.45, 2.75) is 13.8 Å². The molecule has 4 nitrogen and oxygen atoms in total. The highest BCUT2D eigenvalue weighted by Crippen LogP contribution is 2.17. The van der Waals surface area contributed by atoms with Crippen molar-refractivity contribution < 1.29 is 9.53 Å². The lowest BCUT2D eigenvalue weighted by atomic mass is 10.1. The average molecular weight is 282 g/mol. The van der Waals surface area contributed by atoms with Crippen molar-refractivity contribution in [3.63, 3.8) is 0 Å². The van der Waals surface area contributed by atoms with Gasteiger partial charge in [-0.15, -0.1) is 0 Å². The molecule has 2 aromatic carbocycles. The molecule has 0 saturated heterocycles. The third-order valence-electron chi connectivity index (χ3n) is 3.14. The standard InChI is InChI=1S/C17H18N2O2/c1-12-8-10-14(11-9-12)17(20)19-18-13(2)15-6-4-5-7-16(15)21-3/h4-11H,1-3H3,(H,19,20)/b18-13-. The Morgan fingerprint density at radius 1 is 1.10 bits per heavy atom. The Hall–Kier alpha value is -2.62. The Labute approximate surface area is 124 Å². The van der Waals surface area contributed by atoms with Crippen LogP contribution < -0.4 is 10.2 Å². The minimum Gasteiger partial charge on any atom is -0.496 e. The van der Waals surface area contributed by atoms with Gasteiger partial charge in [0.05, 0.1) is 12.8 Å². The van der Waals surface area contributed by atoms with Crippen LogP contribution in [0.25, 0.3) is 0 Å². The third kappa shape index (κ3) is 3.69. The zero-order chi connectivity index (χ0) is 15.2. The number of ether oxygens (including phenoxy) is 1. The van der Waals surface area contributed by atoms with Crippen LogP contribution in [-0.4, -0.2) is 18.7 Å². The van der Waals surface area contributed by atoms with Gasteiger partial charge in [0.1, 0.15) is 5.75 Å². The monoisotopic (exact) mass is 282 g/mol. The van der Waals surface area contributed by atoms with Gasteiger partial charge >= 0.3 is 0 Å². The van der Waals surface area contributed by atoms with Gasteiger partial charge in [0.15, 0.2) is 0 Å². The first kappa shape index (κ1) is 14.8. The molecule has 2 aromatic rings. The van der Waals surface area contributed by atoms with Crippen LogP contribution in [0.5, 0.6) is 5.75 Å². The summed E-state index contributed by atoms with van der Waals surface area (Å²) in [6.07, 6.45) is 0. The van der Waals surface area contributed by atoms with Gasteiger partial charge in [0.25, 0.3) is 5.91 Å². The van der Waals surface area contributed by atoms with E-state index in [9.17, 15) is 4.79 Å². The smallest absolute Gasteiger partial charge is 0.271 e. The Bertz CT molecular complexity index is 661. The SMILES string of the molecule is COc1ccccc1/C(C)=N\NC(=O)c1ccc(C)cc1. The van der Waals surface area contributed by atoms with E-state index in [4.69, 9.17) is 4.74 Å². The van der Waals surface area contributed by atoms with Gasteiger partial charge in [-0.2, -0.15) is 5.10 Å². The first-order valence-corrected chi connectivity index (χ1v) is 6.66. The highest BCUT2D eigenvalue weighted by molar-refractivity contribution is 6.02. The van der Waals surface area contributed by atoms with E-state index in [0.29, 0.717) is 11.3 Å². The number of hydrogen-bond donors (Lipinski definition) is 1. The first-order valence-electron chi connectivity index (χ1n) is 6.66. The molecule has 0 unspecified atom stereocenters. The van der Waals surface area contributed by atoms with Gasteiger partial charge < -0.3 is 4.74 Å². The maximum absolute atomic E-state index is 12.0. The largest absolute Gasteiger partial charge is 0.496 e. The van der Waals surface area contributed by atoms with E-state index in [0.717, 1.165) is 16.9 Å². The Balaban J connectivity index is 2.13. The molecule has 0 aliphatic heterocycles. The maximum atomic E-state index is 12.0. The van der Waals surface area contributed by atoms with E-state index in [1.54, 1.807) is 19.2 Å². The molecule has 2 rings (SSSR count). The molecule has 0 atom stereocenters. The number of hydrogen-bond acceptors (Lipinski definition) is 3. The molecular formula is C17H18N2O2. The quantitative estimate of drug-likeness (QED) is 0.691. The molecule has 0 bridgehead atoms. The van der Waals surface area contributed by atoms with Gasteiger partial charge in [-0.1, -0.05) is 29.8 Å². The van der Waals surface area contributed by atoms with Crippen LogP contribution in [0, 0.1) is 6.92 Å². The predicted octanol–water partition coefficient (Wildman–Crippen LogP) is 3.16. The molecule has 1 amide bonds. The van der Waals surface area contributed by atoms with Crippen molar-refractivity contribution in [1.82, 2.24) is 5.43 Å². The van der Waals surface area contributed by atoms with E-state index < -0.39 is 0 Å². The van der Waals surface area contributed by atoms with Gasteiger partial charge in [-0.05, 0) is 38.1 Å². The molecular weight excluding hydrogens is 264 g/mol. The number of para-hydroxylation sites is 1. The van der Waals surface area contributed by atoms with E-state index >= 15 is 0 Å². The number of rotatable bonds is 4. The lowest BCUT2D eigenvalue weighted by Gasteiger charge is -2.08. The number of nitrogens with one attached hydrogen (secondary N) is 1. The molecule has 0 radical (unpaired) electrons. The third-order valence-corrected chi connectivity index (χ3v) is 3.14. The molecule has 0 aromatic heterocycles. The summed E-state index contributed by atoms with van der Waals surface area (Å²) in [7, 11) is 1.61. The fraction of sp³-hybridized carbons (Fsp3) is 0.176. The number of hydrazone groups is 1. The minimum absolute atomic E-state index is 0.232. The second-order valence-electron chi connectivity index (χ2n) is 4.70. The topological polar surface area (TPSA) is 50.7 Å². The summed E-state index contributed by atoms with van der Waals surface area (Å²) in [5.41, 5.74) is 5.79. The Morgan fingerprint density at radius 3 is 2.43 bits per heavy atom. The van der Waals surface area contributed by atoms with Gasteiger partial charge in [0.2, 0.25) is 0 Å². The predicted molar refractivity (Wildman–Crippen MR) is 83.9 cm³/mol. The van der Waals surface area contributed by atoms with E-state index in [1.807, 2.05) is 50.2 Å². The number of nitrogens with zero attached hydrogens (tertiary/aromatic N) is 1. The molecule has 0 aliphatic rings. The Kier molecular flexibility index (Phi) is 4.72. The number of carbonyl (C=O) groups is 1. The van der Waals surface area contributed by atoms with Crippen LogP contribution in [0.3, 0.4) is 0 Å². The average Bonchev–Trinajstić information content (AvgIpc) is 2.52. The molecule has 4 heteroatoms. The summed E-state index contributed by atoms with van der Waals surface area (Å²) in [5, 5.41) is 4.14. The number of aryl methyl sites for hydroxylation is 1. The van der Waals surface area contributed by atoms with E-state index in [-0.39, 0.29) is 5.91 Å². The van der Waals surface area contributed by atoms with E-state index in [2.05, 4.69) is 10.5 Å². The van der Waals surface area contributed by atoms with Crippen LogP contribution in [0.15, 0.2) is 53.6 Å². The molecule has 108 valence electrons. The highest BCUT2D eigenvalue weighted by atomic mass is 16.5. The van der Waals surface area contributed by atoms with Crippen LogP contribution in [0.4, 0.5) is 0 Å². The van der Waals surface area contributed by atoms with Gasteiger partial charge in [-0.3, -0.25) is 4.79 Å². The molecule has 0 fully saturated rings. The summed E-state index contributed by atoms with van der Waals surface area (Å²) in [6.45, 7) is 3.80. The lowest BCUT2D eigenvalue weighted by molar-refractivity contribution is 0.0955. The van der Waals surface area contributed by atoms with Crippen molar-refractivity contribution >= 4 is 11.6 Å². The fourth-order valence-corrected chi connectivity index (χ4v) is 1.91. The summed E-state index contributed by atoms with van der Waals surface area (Å²) in [6, 6.07) is 14.9. The minimum atomic E-state index is -0.232. The first-order chi connectivity index (χ1) is 10.1. The summed E-state index contributed by atoms with van der Waals surface area (Å²) in [4.78, 5) is 12.0. The van der Waals surface area contributed by atoms with Gasteiger partial charge in [0, 0.05) is 11.1 Å². The lowest BCUT2D eigenvalue weighted by Crippen LogP contribution is -2.19. The van der Waals surface area contributed by atoms with Crippen molar-refractivity contribution in [3.05, 3.63) is 65.2 Å². The number of benzene rings is 2. The van der Waals surface area contributed by atoms with Crippen molar-refractivity contribution in [3.8, 4) is 5.75 Å². The van der Waals surface area contributed by atoms with Crippen LogP contribution in [-0.2, 0) is 0 Å². The zero-order valence-corrected chi connectivity index (χ0v) is 12.4. The molecule has 0 aliphatic carbocycles. The molecule has 21 heavy (non-hydrogen) atoms. The normalized spacial score (nSPS) is 11.1. The summed E-state index contributed by atoms with van der Waals surface area (Å²) >= 11 is 0. The van der Waals surface area contributed by atoms with Crippen molar-refractivity contribution in [2.75, 3.05) is 7.11 Å². The van der Waals surface area contributed by atoms with Crippen LogP contribution in [0.2, 0.25) is 0 Å². The Morgan fingerprint density at radius 2 is 1.76 bits per heavy atom. The molecule has 0 saturated carbocycles. The molecule has 0 heterocycles. The highest BCUT2D eigenvalue weighted by Gasteiger charge is 2.07. The fourth-order valence-electron chi connectivity index (χ4n) is 1.91. The van der Waals surface area contributed by atoms with Crippen molar-refractivity contribution in [2.24, 2.45) is 5.10 Å². The number of amides is 1. The second-order valence-corrected chi connectivity index (χ2v) is 4.70. The number of methoxy groups -OCH3 is 1. The van der Waals surface area contributed by atoms with Gasteiger partial charge in [-0.25, -0.2) is 5.43 Å². The zero-order valence-electron chi connectivity index (χ0n) is 12.4. The van der Waals surface area contributed by atoms with Crippen molar-refractivity contribution in [1.29, 1.82) is 0 Å². The summed E-state index contributed by atoms with van der Waals surface area (Å²) in [5.74, 6) is 0.493. The summed E-state index contributed by atoms with van der Waals surface area (Å²) < 4.78 is 5.28. The van der Waals surface area contributed by atoms with E-state index in [1.165, 1.54) is 0 Å². The second kappa shape index (κ2) is 6.70. The maximum Gasteiger partial charge on any atom is 0.271 e. The molecule has 0 spiro atoms. The van der Waals surface area contributed by atoms with Crippen LogP contribution >= 0.6 is 0 Å².